The predicted octanol–water partition coefficient (Wildman–Crippen LogP) is 12.7. The van der Waals surface area contributed by atoms with Crippen LogP contribution in [0.2, 0.25) is 0 Å². The van der Waals surface area contributed by atoms with Gasteiger partial charge in [-0.15, -0.1) is 0 Å². The SMILES string of the molecule is c1ccc(-c2ccc(-c3nc(-c4ccc(-c5ccccc5)cc4)nc(-c4cc(-c5ccccc5)cc(-c5ccc6ccccc6c5)c4)n3)cc2)cc1. The van der Waals surface area contributed by atoms with Crippen LogP contribution in [0.5, 0.6) is 0 Å². The third-order valence-electron chi connectivity index (χ3n) is 9.52. The van der Waals surface area contributed by atoms with Crippen molar-refractivity contribution in [1.82, 2.24) is 15.0 Å². The smallest absolute Gasteiger partial charge is 0.164 e. The minimum Gasteiger partial charge on any atom is -0.208 e. The summed E-state index contributed by atoms with van der Waals surface area (Å²) >= 11 is 0. The molecule has 0 radical (unpaired) electrons. The summed E-state index contributed by atoms with van der Waals surface area (Å²) in [6.07, 6.45) is 0. The van der Waals surface area contributed by atoms with E-state index in [1.807, 2.05) is 18.2 Å². The predicted molar refractivity (Wildman–Crippen MR) is 215 cm³/mol. The molecule has 0 fully saturated rings. The van der Waals surface area contributed by atoms with Crippen LogP contribution in [0, 0.1) is 0 Å². The van der Waals surface area contributed by atoms with Gasteiger partial charge in [0, 0.05) is 16.7 Å². The number of rotatable bonds is 7. The second-order valence-corrected chi connectivity index (χ2v) is 12.9. The Morgan fingerprint density at radius 3 is 1.02 bits per heavy atom. The summed E-state index contributed by atoms with van der Waals surface area (Å²) in [4.78, 5) is 15.4. The third-order valence-corrected chi connectivity index (χ3v) is 9.52. The van der Waals surface area contributed by atoms with Crippen LogP contribution in [0.1, 0.15) is 0 Å². The summed E-state index contributed by atoms with van der Waals surface area (Å²) in [5.41, 5.74) is 11.9. The Morgan fingerprint density at radius 1 is 0.192 bits per heavy atom. The molecule has 9 rings (SSSR count). The molecule has 0 aliphatic carbocycles. The lowest BCUT2D eigenvalue weighted by molar-refractivity contribution is 1.07. The molecule has 0 N–H and O–H groups in total. The normalized spacial score (nSPS) is 11.1. The van der Waals surface area contributed by atoms with E-state index in [2.05, 4.69) is 182 Å². The molecule has 0 bridgehead atoms. The van der Waals surface area contributed by atoms with Crippen LogP contribution in [0.15, 0.2) is 200 Å². The number of hydrogen-bond donors (Lipinski definition) is 0. The highest BCUT2D eigenvalue weighted by atomic mass is 15.0. The van der Waals surface area contributed by atoms with Crippen molar-refractivity contribution in [2.24, 2.45) is 0 Å². The highest BCUT2D eigenvalue weighted by Gasteiger charge is 2.16. The van der Waals surface area contributed by atoms with Gasteiger partial charge in [0.1, 0.15) is 0 Å². The summed E-state index contributed by atoms with van der Waals surface area (Å²) in [5, 5.41) is 2.42. The van der Waals surface area contributed by atoms with Gasteiger partial charge in [0.25, 0.3) is 0 Å². The van der Waals surface area contributed by atoms with E-state index in [9.17, 15) is 0 Å². The van der Waals surface area contributed by atoms with Crippen molar-refractivity contribution >= 4 is 10.8 Å². The molecule has 0 saturated carbocycles. The van der Waals surface area contributed by atoms with Crippen LogP contribution in [0.25, 0.3) is 89.4 Å². The second-order valence-electron chi connectivity index (χ2n) is 12.9. The van der Waals surface area contributed by atoms with Gasteiger partial charge in [-0.2, -0.15) is 0 Å². The number of nitrogens with zero attached hydrogens (tertiary/aromatic N) is 3. The van der Waals surface area contributed by atoms with Crippen LogP contribution in [0.3, 0.4) is 0 Å². The van der Waals surface area contributed by atoms with E-state index in [4.69, 9.17) is 15.0 Å². The molecule has 9 aromatic rings. The molecule has 0 atom stereocenters. The Bertz CT molecular complexity index is 2530. The summed E-state index contributed by atoms with van der Waals surface area (Å²) in [6, 6.07) is 70.1. The fraction of sp³-hybridized carbons (Fsp3) is 0. The van der Waals surface area contributed by atoms with Crippen molar-refractivity contribution in [3.05, 3.63) is 200 Å². The van der Waals surface area contributed by atoms with Gasteiger partial charge in [0.2, 0.25) is 0 Å². The van der Waals surface area contributed by atoms with Crippen LogP contribution < -0.4 is 0 Å². The molecule has 3 nitrogen and oxygen atoms in total. The molecule has 0 unspecified atom stereocenters. The van der Waals surface area contributed by atoms with Gasteiger partial charge < -0.3 is 0 Å². The van der Waals surface area contributed by atoms with Gasteiger partial charge >= 0.3 is 0 Å². The lowest BCUT2D eigenvalue weighted by Gasteiger charge is -2.13. The third kappa shape index (κ3) is 6.39. The fourth-order valence-corrected chi connectivity index (χ4v) is 6.74. The van der Waals surface area contributed by atoms with Gasteiger partial charge in [-0.05, 0) is 79.5 Å². The lowest BCUT2D eigenvalue weighted by Crippen LogP contribution is -2.00. The Labute approximate surface area is 303 Å². The first-order valence-electron chi connectivity index (χ1n) is 17.5. The van der Waals surface area contributed by atoms with E-state index in [0.717, 1.165) is 50.1 Å². The molecule has 1 aromatic heterocycles. The monoisotopic (exact) mass is 663 g/mol. The Balaban J connectivity index is 1.20. The maximum atomic E-state index is 5.16. The summed E-state index contributed by atoms with van der Waals surface area (Å²) in [6.45, 7) is 0. The van der Waals surface area contributed by atoms with E-state index in [1.54, 1.807) is 0 Å². The van der Waals surface area contributed by atoms with Crippen molar-refractivity contribution < 1.29 is 0 Å². The maximum Gasteiger partial charge on any atom is 0.164 e. The van der Waals surface area contributed by atoms with Crippen molar-refractivity contribution in [1.29, 1.82) is 0 Å². The Hall–Kier alpha value is -6.97. The van der Waals surface area contributed by atoms with E-state index >= 15 is 0 Å². The van der Waals surface area contributed by atoms with Crippen LogP contribution in [-0.2, 0) is 0 Å². The molecule has 0 saturated heterocycles. The topological polar surface area (TPSA) is 38.7 Å². The number of aromatic nitrogens is 3. The average Bonchev–Trinajstić information content (AvgIpc) is 3.24. The highest BCUT2D eigenvalue weighted by Crippen LogP contribution is 2.35. The quantitative estimate of drug-likeness (QED) is 0.170. The molecular weight excluding hydrogens is 631 g/mol. The largest absolute Gasteiger partial charge is 0.208 e. The zero-order valence-corrected chi connectivity index (χ0v) is 28.4. The fourth-order valence-electron chi connectivity index (χ4n) is 6.74. The molecule has 3 heteroatoms. The Morgan fingerprint density at radius 2 is 0.519 bits per heavy atom. The zero-order valence-electron chi connectivity index (χ0n) is 28.4. The van der Waals surface area contributed by atoms with Crippen LogP contribution >= 0.6 is 0 Å². The molecule has 52 heavy (non-hydrogen) atoms. The summed E-state index contributed by atoms with van der Waals surface area (Å²) in [5.74, 6) is 1.88. The van der Waals surface area contributed by atoms with E-state index in [0.29, 0.717) is 17.5 Å². The molecule has 0 amide bonds. The molecule has 244 valence electrons. The maximum absolute atomic E-state index is 5.16. The van der Waals surface area contributed by atoms with Gasteiger partial charge in [0.15, 0.2) is 17.5 Å². The minimum absolute atomic E-state index is 0.624. The van der Waals surface area contributed by atoms with E-state index < -0.39 is 0 Å². The first-order valence-corrected chi connectivity index (χ1v) is 17.5. The molecule has 0 aliphatic rings. The standard InChI is InChI=1S/C49H33N3/c1-4-12-34(13-5-1)38-20-25-40(26-21-38)47-50-48(41-27-22-39(23-28-41)35-14-6-2-7-15-35)52-49(51-47)46-32-44(36-16-8-3-9-17-36)31-45(33-46)43-29-24-37-18-10-11-19-42(37)30-43/h1-33H. The molecule has 1 heterocycles. The first kappa shape index (κ1) is 31.0. The van der Waals surface area contributed by atoms with Gasteiger partial charge in [0.05, 0.1) is 0 Å². The number of hydrogen-bond acceptors (Lipinski definition) is 3. The van der Waals surface area contributed by atoms with Gasteiger partial charge in [-0.3, -0.25) is 0 Å². The van der Waals surface area contributed by atoms with Gasteiger partial charge in [-0.25, -0.2) is 15.0 Å². The first-order chi connectivity index (χ1) is 25.7. The van der Waals surface area contributed by atoms with E-state index in [-0.39, 0.29) is 0 Å². The second kappa shape index (κ2) is 13.7. The van der Waals surface area contributed by atoms with Crippen molar-refractivity contribution in [2.75, 3.05) is 0 Å². The number of fused-ring (bicyclic) bond motifs is 1. The van der Waals surface area contributed by atoms with Crippen molar-refractivity contribution in [3.63, 3.8) is 0 Å². The highest BCUT2D eigenvalue weighted by molar-refractivity contribution is 5.89. The minimum atomic E-state index is 0.624. The van der Waals surface area contributed by atoms with Crippen molar-refractivity contribution in [3.8, 4) is 78.7 Å². The molecule has 0 aliphatic heterocycles. The summed E-state index contributed by atoms with van der Waals surface area (Å²) in [7, 11) is 0. The molecule has 8 aromatic carbocycles. The van der Waals surface area contributed by atoms with Crippen LogP contribution in [-0.4, -0.2) is 15.0 Å². The zero-order chi connectivity index (χ0) is 34.7. The average molecular weight is 664 g/mol. The Kier molecular flexibility index (Phi) is 8.20. The number of benzene rings is 8. The molecular formula is C49H33N3. The van der Waals surface area contributed by atoms with Crippen LogP contribution in [0.4, 0.5) is 0 Å². The van der Waals surface area contributed by atoms with Gasteiger partial charge in [-0.1, -0.05) is 176 Å². The van der Waals surface area contributed by atoms with E-state index in [1.165, 1.54) is 21.9 Å². The molecule has 0 spiro atoms. The lowest BCUT2D eigenvalue weighted by atomic mass is 9.94. The summed E-state index contributed by atoms with van der Waals surface area (Å²) < 4.78 is 0. The van der Waals surface area contributed by atoms with Crippen molar-refractivity contribution in [2.45, 2.75) is 0 Å².